The second kappa shape index (κ2) is 20.9. The highest BCUT2D eigenvalue weighted by Crippen LogP contribution is 2.34. The maximum Gasteiger partial charge on any atom is 0.187 e. The van der Waals surface area contributed by atoms with Crippen LogP contribution >= 0.6 is 0 Å². The number of rotatable bonds is 18. The molecule has 0 saturated carbocycles. The van der Waals surface area contributed by atoms with E-state index >= 15 is 0 Å². The fraction of sp³-hybridized carbons (Fsp3) is 0.362. The first kappa shape index (κ1) is 40.9. The predicted molar refractivity (Wildman–Crippen MR) is 212 cm³/mol. The van der Waals surface area contributed by atoms with Crippen LogP contribution in [0.5, 0.6) is 0 Å². The number of ether oxygens (including phenoxy) is 8. The summed E-state index contributed by atoms with van der Waals surface area (Å²) in [5, 5.41) is 23.8. The van der Waals surface area contributed by atoms with Crippen LogP contribution in [0.4, 0.5) is 0 Å². The largest absolute Gasteiger partial charge is 0.385 e. The van der Waals surface area contributed by atoms with E-state index in [2.05, 4.69) is 0 Å². The van der Waals surface area contributed by atoms with Crippen molar-refractivity contribution in [2.45, 2.75) is 101 Å². The lowest BCUT2D eigenvalue weighted by Gasteiger charge is -2.48. The second-order valence-electron chi connectivity index (χ2n) is 14.4. The van der Waals surface area contributed by atoms with Crippen molar-refractivity contribution in [3.8, 4) is 0 Å². The molecule has 10 heteroatoms. The summed E-state index contributed by atoms with van der Waals surface area (Å²) in [7, 11) is 0. The summed E-state index contributed by atoms with van der Waals surface area (Å²) in [6.45, 7) is 3.28. The zero-order chi connectivity index (χ0) is 39.2. The molecular formula is C47H52O10. The van der Waals surface area contributed by atoms with Gasteiger partial charge < -0.3 is 48.1 Å². The summed E-state index contributed by atoms with van der Waals surface area (Å²) < 4.78 is 51.5. The molecule has 10 atom stereocenters. The lowest BCUT2D eigenvalue weighted by Crippen LogP contribution is -2.65. The summed E-state index contributed by atoms with van der Waals surface area (Å²) in [4.78, 5) is 0. The van der Waals surface area contributed by atoms with Crippen LogP contribution in [0, 0.1) is 0 Å². The van der Waals surface area contributed by atoms with E-state index in [4.69, 9.17) is 37.9 Å². The van der Waals surface area contributed by atoms with Crippen molar-refractivity contribution in [1.29, 1.82) is 0 Å². The van der Waals surface area contributed by atoms with Gasteiger partial charge in [0.1, 0.15) is 42.7 Å². The zero-order valence-corrected chi connectivity index (χ0v) is 32.1. The summed E-state index contributed by atoms with van der Waals surface area (Å²) in [5.41, 5.74) is 4.79. The quantitative estimate of drug-likeness (QED) is 0.0991. The Balaban J connectivity index is 1.14. The maximum atomic E-state index is 12.0. The van der Waals surface area contributed by atoms with Gasteiger partial charge in [0.15, 0.2) is 12.6 Å². The van der Waals surface area contributed by atoms with E-state index in [0.717, 1.165) is 27.8 Å². The molecule has 2 aliphatic rings. The number of hydrogen-bond donors (Lipinski definition) is 2. The van der Waals surface area contributed by atoms with E-state index < -0.39 is 61.4 Å². The van der Waals surface area contributed by atoms with Gasteiger partial charge in [-0.05, 0) is 34.7 Å². The van der Waals surface area contributed by atoms with E-state index in [1.54, 1.807) is 0 Å². The van der Waals surface area contributed by atoms with E-state index in [0.29, 0.717) is 13.2 Å². The topological polar surface area (TPSA) is 114 Å². The maximum absolute atomic E-state index is 12.0. The number of aliphatic hydroxyl groups excluding tert-OH is 2. The van der Waals surface area contributed by atoms with Gasteiger partial charge in [-0.2, -0.15) is 0 Å². The average molecular weight is 777 g/mol. The van der Waals surface area contributed by atoms with Gasteiger partial charge in [-0.1, -0.05) is 152 Å². The number of aliphatic hydroxyl groups is 2. The molecule has 57 heavy (non-hydrogen) atoms. The normalized spacial score (nSPS) is 27.6. The SMILES string of the molecule is C[C@@H]1O[C@@H](O[C@@H]2[C@@H](OCc3ccccc3)[C@@H](OCc3ccccc3)[C@@H](COCc3ccccc3)O[C@H]2O)[C@@H](O)[C@H](OCc2ccccc2)[C@@H]1OCc1ccccc1. The van der Waals surface area contributed by atoms with Gasteiger partial charge in [-0.25, -0.2) is 0 Å². The van der Waals surface area contributed by atoms with E-state index in [1.807, 2.05) is 159 Å². The fourth-order valence-corrected chi connectivity index (χ4v) is 7.18. The molecule has 300 valence electrons. The van der Waals surface area contributed by atoms with Crippen molar-refractivity contribution >= 4 is 0 Å². The summed E-state index contributed by atoms with van der Waals surface area (Å²) >= 11 is 0. The molecule has 0 unspecified atom stereocenters. The Kier molecular flexibility index (Phi) is 15.0. The van der Waals surface area contributed by atoms with Gasteiger partial charge in [-0.3, -0.25) is 0 Å². The van der Waals surface area contributed by atoms with Gasteiger partial charge in [0, 0.05) is 0 Å². The van der Waals surface area contributed by atoms with Crippen LogP contribution in [0.2, 0.25) is 0 Å². The summed E-state index contributed by atoms with van der Waals surface area (Å²) in [6, 6.07) is 48.9. The van der Waals surface area contributed by atoms with Gasteiger partial charge in [0.25, 0.3) is 0 Å². The molecule has 0 amide bonds. The van der Waals surface area contributed by atoms with Crippen molar-refractivity contribution in [3.63, 3.8) is 0 Å². The highest BCUT2D eigenvalue weighted by molar-refractivity contribution is 5.17. The Bertz CT molecular complexity index is 1850. The minimum atomic E-state index is -1.49. The molecule has 5 aromatic rings. The first-order chi connectivity index (χ1) is 28.0. The monoisotopic (exact) mass is 776 g/mol. The Labute approximate surface area is 334 Å². The molecule has 2 heterocycles. The lowest BCUT2D eigenvalue weighted by molar-refractivity contribution is -0.371. The second-order valence-corrected chi connectivity index (χ2v) is 14.4. The molecule has 0 spiro atoms. The highest BCUT2D eigenvalue weighted by atomic mass is 16.7. The predicted octanol–water partition coefficient (Wildman–Crippen LogP) is 6.75. The van der Waals surface area contributed by atoms with Crippen molar-refractivity contribution in [3.05, 3.63) is 179 Å². The molecule has 0 bridgehead atoms. The van der Waals surface area contributed by atoms with Gasteiger partial charge >= 0.3 is 0 Å². The van der Waals surface area contributed by atoms with E-state index in [9.17, 15) is 10.2 Å². The smallest absolute Gasteiger partial charge is 0.187 e. The van der Waals surface area contributed by atoms with Crippen molar-refractivity contribution < 1.29 is 48.1 Å². The Morgan fingerprint density at radius 1 is 0.439 bits per heavy atom. The minimum absolute atomic E-state index is 0.110. The molecule has 0 radical (unpaired) electrons. The minimum Gasteiger partial charge on any atom is -0.385 e. The van der Waals surface area contributed by atoms with Gasteiger partial charge in [-0.15, -0.1) is 0 Å². The van der Waals surface area contributed by atoms with Gasteiger partial charge in [0.05, 0.1) is 45.7 Å². The molecule has 2 N–H and O–H groups in total. The van der Waals surface area contributed by atoms with E-state index in [1.165, 1.54) is 0 Å². The molecule has 7 rings (SSSR count). The standard InChI is InChI=1S/C47H52O10/c1-33-41(51-28-35-19-9-3-10-20-35)43(53-30-37-23-13-5-14-24-37)40(48)47(55-33)57-45-44(54-31-38-25-15-6-16-26-38)42(52-29-36-21-11-4-12-22-36)39(56-46(45)49)32-50-27-34-17-7-2-8-18-34/h2-26,33,39-49H,27-32H2,1H3/t33-,39+,40-,41+,42-,43-,44-,45+,46+,47-/m0/s1. The van der Waals surface area contributed by atoms with Crippen LogP contribution in [0.25, 0.3) is 0 Å². The molecule has 2 fully saturated rings. The number of benzene rings is 5. The highest BCUT2D eigenvalue weighted by Gasteiger charge is 2.52. The van der Waals surface area contributed by atoms with Gasteiger partial charge in [0.2, 0.25) is 0 Å². The van der Waals surface area contributed by atoms with Crippen LogP contribution in [0.3, 0.4) is 0 Å². The summed E-state index contributed by atoms with van der Waals surface area (Å²) in [6.07, 6.45) is -9.65. The molecule has 2 aliphatic heterocycles. The Hall–Kier alpha value is -4.30. The van der Waals surface area contributed by atoms with Crippen molar-refractivity contribution in [1.82, 2.24) is 0 Å². The average Bonchev–Trinajstić information content (AvgIpc) is 3.25. The molecule has 0 aromatic heterocycles. The molecule has 2 saturated heterocycles. The molecule has 5 aromatic carbocycles. The third-order valence-electron chi connectivity index (χ3n) is 10.2. The molecular weight excluding hydrogens is 725 g/mol. The Morgan fingerprint density at radius 2 is 0.825 bits per heavy atom. The Morgan fingerprint density at radius 3 is 1.28 bits per heavy atom. The summed E-state index contributed by atoms with van der Waals surface area (Å²) in [5.74, 6) is 0. The van der Waals surface area contributed by atoms with Crippen LogP contribution in [-0.4, -0.2) is 78.2 Å². The third-order valence-corrected chi connectivity index (χ3v) is 10.2. The number of hydrogen-bond acceptors (Lipinski definition) is 10. The first-order valence-electron chi connectivity index (χ1n) is 19.6. The van der Waals surface area contributed by atoms with Crippen molar-refractivity contribution in [2.75, 3.05) is 6.61 Å². The van der Waals surface area contributed by atoms with E-state index in [-0.39, 0.29) is 26.4 Å². The molecule has 10 nitrogen and oxygen atoms in total. The molecule has 0 aliphatic carbocycles. The van der Waals surface area contributed by atoms with Crippen LogP contribution in [-0.2, 0) is 70.9 Å². The first-order valence-corrected chi connectivity index (χ1v) is 19.6. The van der Waals surface area contributed by atoms with Crippen LogP contribution < -0.4 is 0 Å². The zero-order valence-electron chi connectivity index (χ0n) is 32.1. The fourth-order valence-electron chi connectivity index (χ4n) is 7.18. The third kappa shape index (κ3) is 11.4. The van der Waals surface area contributed by atoms with Crippen LogP contribution in [0.15, 0.2) is 152 Å². The lowest BCUT2D eigenvalue weighted by atomic mass is 9.96. The van der Waals surface area contributed by atoms with Crippen LogP contribution in [0.1, 0.15) is 34.7 Å². The van der Waals surface area contributed by atoms with Crippen molar-refractivity contribution in [2.24, 2.45) is 0 Å².